The molecule has 9 heteroatoms. The fraction of sp³-hybridized carbons (Fsp3) is 0.931. The Labute approximate surface area is 237 Å². The molecule has 228 valence electrons. The highest BCUT2D eigenvalue weighted by Gasteiger charge is 2.40. The van der Waals surface area contributed by atoms with Gasteiger partial charge >= 0.3 is 0 Å². The summed E-state index contributed by atoms with van der Waals surface area (Å²) >= 11 is 0. The van der Waals surface area contributed by atoms with Crippen LogP contribution in [0.4, 0.5) is 0 Å². The van der Waals surface area contributed by atoms with Crippen molar-refractivity contribution in [3.63, 3.8) is 0 Å². The molecular weight excluding hydrogens is 515 g/mol. The van der Waals surface area contributed by atoms with Crippen LogP contribution < -0.4 is 10.6 Å². The van der Waals surface area contributed by atoms with Crippen LogP contribution in [0.25, 0.3) is 0 Å². The summed E-state index contributed by atoms with van der Waals surface area (Å²) in [5.41, 5.74) is 6.42. The summed E-state index contributed by atoms with van der Waals surface area (Å²) < 4.78 is 29.6. The molecule has 0 amide bonds. The third-order valence-electron chi connectivity index (χ3n) is 7.40. The summed E-state index contributed by atoms with van der Waals surface area (Å²) in [6.07, 6.45) is 19.2. The first-order chi connectivity index (χ1) is 17.5. The van der Waals surface area contributed by atoms with Gasteiger partial charge in [0.2, 0.25) is 0 Å². The molecule has 3 atom stereocenters. The summed E-state index contributed by atoms with van der Waals surface area (Å²) in [4.78, 5) is 12.2. The molecule has 0 aliphatic heterocycles. The molecule has 0 fully saturated rings. The van der Waals surface area contributed by atoms with Crippen molar-refractivity contribution in [1.82, 2.24) is 0 Å². The van der Waals surface area contributed by atoms with Gasteiger partial charge < -0.3 is 28.6 Å². The van der Waals surface area contributed by atoms with E-state index in [4.69, 9.17) is 19.2 Å². The number of phosphoric acid groups is 1. The third kappa shape index (κ3) is 19.9. The lowest BCUT2D eigenvalue weighted by atomic mass is 10.0. The predicted octanol–water partition coefficient (Wildman–Crippen LogP) is 7.17. The van der Waals surface area contributed by atoms with Crippen LogP contribution in [0.5, 0.6) is 0 Å². The van der Waals surface area contributed by atoms with Crippen molar-refractivity contribution in [3.8, 4) is 0 Å². The molecule has 38 heavy (non-hydrogen) atoms. The second kappa shape index (κ2) is 19.1. The highest BCUT2D eigenvalue weighted by Crippen LogP contribution is 2.40. The van der Waals surface area contributed by atoms with Gasteiger partial charge in [-0.2, -0.15) is 0 Å². The minimum atomic E-state index is -4.42. The first-order valence-corrected chi connectivity index (χ1v) is 19.4. The maximum atomic E-state index is 12.2. The van der Waals surface area contributed by atoms with E-state index in [9.17, 15) is 9.46 Å². The van der Waals surface area contributed by atoms with Crippen LogP contribution in [0.2, 0.25) is 18.1 Å². The normalized spacial score (nSPS) is 16.6. The first kappa shape index (κ1) is 37.9. The molecule has 0 aliphatic rings. The number of nitrogens with zero attached hydrogens (tertiary/aromatic N) is 1. The first-order valence-electron chi connectivity index (χ1n) is 15.0. The van der Waals surface area contributed by atoms with Crippen LogP contribution in [0.1, 0.15) is 105 Å². The van der Waals surface area contributed by atoms with Gasteiger partial charge in [0.25, 0.3) is 7.82 Å². The molecule has 0 rings (SSSR count). The maximum absolute atomic E-state index is 12.2. The maximum Gasteiger partial charge on any atom is 0.268 e. The summed E-state index contributed by atoms with van der Waals surface area (Å²) in [6.45, 7) is 13.6. The number of phosphoric ester groups is 1. The van der Waals surface area contributed by atoms with Gasteiger partial charge in [0.1, 0.15) is 13.2 Å². The van der Waals surface area contributed by atoms with Crippen LogP contribution in [0, 0.1) is 0 Å². The lowest BCUT2D eigenvalue weighted by Gasteiger charge is -2.40. The van der Waals surface area contributed by atoms with Gasteiger partial charge in [0, 0.05) is 0 Å². The molecule has 7 nitrogen and oxygen atoms in total. The van der Waals surface area contributed by atoms with Gasteiger partial charge in [-0.3, -0.25) is 4.57 Å². The second-order valence-electron chi connectivity index (χ2n) is 13.3. The van der Waals surface area contributed by atoms with E-state index in [0.717, 1.165) is 12.8 Å². The van der Waals surface area contributed by atoms with Crippen molar-refractivity contribution in [2.45, 2.75) is 135 Å². The van der Waals surface area contributed by atoms with Crippen LogP contribution in [-0.4, -0.2) is 65.8 Å². The Hall–Kier alpha value is -0.0531. The van der Waals surface area contributed by atoms with Gasteiger partial charge in [0.15, 0.2) is 8.32 Å². The van der Waals surface area contributed by atoms with Crippen molar-refractivity contribution in [2.24, 2.45) is 5.73 Å². The molecule has 0 radical (unpaired) electrons. The number of allylic oxidation sites excluding steroid dienone is 1. The van der Waals surface area contributed by atoms with E-state index in [1.165, 1.54) is 64.2 Å². The van der Waals surface area contributed by atoms with Gasteiger partial charge in [-0.1, -0.05) is 104 Å². The Morgan fingerprint density at radius 2 is 1.42 bits per heavy atom. The zero-order valence-electron chi connectivity index (χ0n) is 26.4. The van der Waals surface area contributed by atoms with Crippen LogP contribution in [0.15, 0.2) is 12.2 Å². The Kier molecular flexibility index (Phi) is 19.1. The quantitative estimate of drug-likeness (QED) is 0.0454. The van der Waals surface area contributed by atoms with Gasteiger partial charge in [-0.15, -0.1) is 0 Å². The zero-order valence-corrected chi connectivity index (χ0v) is 28.3. The van der Waals surface area contributed by atoms with Crippen LogP contribution >= 0.6 is 7.82 Å². The van der Waals surface area contributed by atoms with E-state index in [0.29, 0.717) is 11.0 Å². The third-order valence-corrected chi connectivity index (χ3v) is 12.8. The van der Waals surface area contributed by atoms with E-state index < -0.39 is 28.3 Å². The molecule has 0 saturated carbocycles. The Balaban J connectivity index is 4.67. The molecule has 0 bridgehead atoms. The zero-order chi connectivity index (χ0) is 29.3. The molecule has 0 spiro atoms. The predicted molar refractivity (Wildman–Crippen MR) is 163 cm³/mol. The molecule has 0 aromatic carbocycles. The van der Waals surface area contributed by atoms with E-state index >= 15 is 0 Å². The number of nitrogens with two attached hydrogens (primary N) is 1. The van der Waals surface area contributed by atoms with Crippen molar-refractivity contribution < 1.29 is 27.4 Å². The van der Waals surface area contributed by atoms with Crippen LogP contribution in [0.3, 0.4) is 0 Å². The van der Waals surface area contributed by atoms with Gasteiger partial charge in [0.05, 0.1) is 39.9 Å². The summed E-state index contributed by atoms with van der Waals surface area (Å²) in [5.74, 6) is 0. The van der Waals surface area contributed by atoms with Gasteiger partial charge in [-0.05, 0) is 31.0 Å². The summed E-state index contributed by atoms with van der Waals surface area (Å²) in [5, 5.41) is 0.0117. The molecule has 0 saturated heterocycles. The lowest BCUT2D eigenvalue weighted by molar-refractivity contribution is -0.870. The molecule has 2 N–H and O–H groups in total. The molecule has 0 aliphatic carbocycles. The average molecular weight is 579 g/mol. The minimum absolute atomic E-state index is 0.0117. The molecular formula is C29H63N2O5PSi. The van der Waals surface area contributed by atoms with Crippen molar-refractivity contribution in [2.75, 3.05) is 40.9 Å². The van der Waals surface area contributed by atoms with Crippen molar-refractivity contribution in [3.05, 3.63) is 12.2 Å². The topological polar surface area (TPSA) is 93.8 Å². The number of quaternary nitrogens is 1. The van der Waals surface area contributed by atoms with E-state index in [1.807, 2.05) is 27.2 Å². The Morgan fingerprint density at radius 3 is 1.89 bits per heavy atom. The summed E-state index contributed by atoms with van der Waals surface area (Å²) in [6, 6.07) is -0.609. The second-order valence-corrected chi connectivity index (χ2v) is 19.5. The SMILES string of the molecule is CCCCCCCCCCCCCC=CC(O[Si](C)(C)C(C)(C)C)C(N)COP(=O)([O-])OCC[N+](C)(C)C. The largest absolute Gasteiger partial charge is 0.756 e. The van der Waals surface area contributed by atoms with E-state index in [1.54, 1.807) is 0 Å². The number of unbranched alkanes of at least 4 members (excludes halogenated alkanes) is 11. The fourth-order valence-corrected chi connectivity index (χ4v) is 5.70. The number of rotatable bonds is 23. The smallest absolute Gasteiger partial charge is 0.268 e. The average Bonchev–Trinajstić information content (AvgIpc) is 2.78. The standard InChI is InChI=1S/C29H63N2O5PSi/c1-10-11-12-13-14-15-16-17-18-19-20-21-22-23-28(36-38(8,9)29(2,3)4)27(30)26-35-37(32,33)34-25-24-31(5,6)7/h22-23,27-28H,10-21,24-26,30H2,1-9H3. The van der Waals surface area contributed by atoms with E-state index in [2.05, 4.69) is 46.9 Å². The number of hydrogen-bond donors (Lipinski definition) is 1. The highest BCUT2D eigenvalue weighted by molar-refractivity contribution is 7.45. The van der Waals surface area contributed by atoms with Crippen molar-refractivity contribution in [1.29, 1.82) is 0 Å². The molecule has 0 aromatic rings. The minimum Gasteiger partial charge on any atom is -0.756 e. The van der Waals surface area contributed by atoms with Crippen LogP contribution in [-0.2, 0) is 18.0 Å². The van der Waals surface area contributed by atoms with Gasteiger partial charge in [-0.25, -0.2) is 0 Å². The molecule has 0 aromatic heterocycles. The Bertz CT molecular complexity index is 677. The summed E-state index contributed by atoms with van der Waals surface area (Å²) in [7, 11) is -0.623. The number of hydrogen-bond acceptors (Lipinski definition) is 6. The monoisotopic (exact) mass is 578 g/mol. The molecule has 0 heterocycles. The number of likely N-dealkylation sites (N-methyl/N-ethyl adjacent to an activating group) is 1. The Morgan fingerprint density at radius 1 is 0.921 bits per heavy atom. The van der Waals surface area contributed by atoms with E-state index in [-0.39, 0.29) is 18.3 Å². The fourth-order valence-electron chi connectivity index (χ4n) is 3.68. The lowest BCUT2D eigenvalue weighted by Crippen LogP contribution is -2.50. The van der Waals surface area contributed by atoms with Crippen molar-refractivity contribution >= 4 is 16.1 Å². The highest BCUT2D eigenvalue weighted by atomic mass is 31.2. The molecule has 3 unspecified atom stereocenters.